The van der Waals surface area contributed by atoms with E-state index in [4.69, 9.17) is 9.47 Å². The second-order valence-corrected chi connectivity index (χ2v) is 8.63. The smallest absolute Gasteiger partial charge is 0.421 e. The number of aromatic nitrogens is 2. The van der Waals surface area contributed by atoms with Gasteiger partial charge in [0.05, 0.1) is 6.10 Å². The van der Waals surface area contributed by atoms with Crippen LogP contribution in [0.2, 0.25) is 0 Å². The van der Waals surface area contributed by atoms with Gasteiger partial charge in [-0.25, -0.2) is 4.98 Å². The molecule has 0 radical (unpaired) electrons. The number of nitrogens with one attached hydrogen (secondary N) is 2. The number of hydrogen-bond donors (Lipinski definition) is 2. The van der Waals surface area contributed by atoms with Crippen molar-refractivity contribution in [2.24, 2.45) is 0 Å². The zero-order valence-electron chi connectivity index (χ0n) is 19.1. The second-order valence-electron chi connectivity index (χ2n) is 8.63. The molecule has 0 fully saturated rings. The summed E-state index contributed by atoms with van der Waals surface area (Å²) in [5.41, 5.74) is -0.267. The van der Waals surface area contributed by atoms with Gasteiger partial charge in [-0.3, -0.25) is 0 Å². The molecule has 0 bridgehead atoms. The number of anilines is 4. The van der Waals surface area contributed by atoms with Crippen LogP contribution in [0, 0.1) is 0 Å². The topological polar surface area (TPSA) is 68.3 Å². The molecule has 0 amide bonds. The number of halogens is 3. The zero-order valence-corrected chi connectivity index (χ0v) is 19.1. The number of nitrogens with zero attached hydrogens (tertiary/aromatic N) is 2. The third-order valence-electron chi connectivity index (χ3n) is 4.12. The Morgan fingerprint density at radius 3 is 1.88 bits per heavy atom. The minimum absolute atomic E-state index is 0.00905. The van der Waals surface area contributed by atoms with E-state index in [9.17, 15) is 13.2 Å². The van der Waals surface area contributed by atoms with Crippen LogP contribution in [0.15, 0.2) is 54.7 Å². The molecule has 3 rings (SSSR count). The lowest BCUT2D eigenvalue weighted by Crippen LogP contribution is -2.22. The molecule has 9 heteroatoms. The van der Waals surface area contributed by atoms with Gasteiger partial charge in [0.25, 0.3) is 0 Å². The molecule has 0 spiro atoms. The Balaban J connectivity index is 1.81. The van der Waals surface area contributed by atoms with Crippen molar-refractivity contribution >= 4 is 23.1 Å². The molecule has 0 aliphatic heterocycles. The Morgan fingerprint density at radius 1 is 0.818 bits per heavy atom. The van der Waals surface area contributed by atoms with Gasteiger partial charge in [0.15, 0.2) is 0 Å². The SMILES string of the molecule is CC(C)Oc1ccc(Nc2nc(Nc3ccc(OC(C)(C)C)cc3)ncc2C(F)(F)F)cc1. The molecule has 1 heterocycles. The van der Waals surface area contributed by atoms with Crippen molar-refractivity contribution in [2.75, 3.05) is 10.6 Å². The number of ether oxygens (including phenoxy) is 2. The van der Waals surface area contributed by atoms with E-state index in [0.29, 0.717) is 22.9 Å². The minimum atomic E-state index is -4.62. The van der Waals surface area contributed by atoms with E-state index in [1.807, 2.05) is 34.6 Å². The molecule has 1 aromatic heterocycles. The Hall–Kier alpha value is -3.49. The van der Waals surface area contributed by atoms with Crippen LogP contribution in [-0.4, -0.2) is 21.7 Å². The molecule has 0 unspecified atom stereocenters. The molecular formula is C24H27F3N4O2. The average molecular weight is 461 g/mol. The van der Waals surface area contributed by atoms with Crippen molar-refractivity contribution in [3.05, 3.63) is 60.3 Å². The van der Waals surface area contributed by atoms with Crippen molar-refractivity contribution in [2.45, 2.75) is 52.5 Å². The van der Waals surface area contributed by atoms with Gasteiger partial charge in [-0.1, -0.05) is 0 Å². The van der Waals surface area contributed by atoms with Crippen molar-refractivity contribution in [3.63, 3.8) is 0 Å². The summed E-state index contributed by atoms with van der Waals surface area (Å²) < 4.78 is 51.9. The molecule has 0 aliphatic rings. The van der Waals surface area contributed by atoms with Gasteiger partial charge in [-0.05, 0) is 83.1 Å². The van der Waals surface area contributed by atoms with Crippen molar-refractivity contribution in [3.8, 4) is 11.5 Å². The lowest BCUT2D eigenvalue weighted by atomic mass is 10.2. The van der Waals surface area contributed by atoms with E-state index in [2.05, 4.69) is 20.6 Å². The monoisotopic (exact) mass is 460 g/mol. The van der Waals surface area contributed by atoms with Gasteiger partial charge in [-0.15, -0.1) is 0 Å². The molecule has 2 N–H and O–H groups in total. The first-order valence-electron chi connectivity index (χ1n) is 10.4. The maximum absolute atomic E-state index is 13.5. The highest BCUT2D eigenvalue weighted by atomic mass is 19.4. The third-order valence-corrected chi connectivity index (χ3v) is 4.12. The molecule has 0 saturated carbocycles. The van der Waals surface area contributed by atoms with Crippen LogP contribution < -0.4 is 20.1 Å². The van der Waals surface area contributed by atoms with Crippen LogP contribution in [0.1, 0.15) is 40.2 Å². The fourth-order valence-electron chi connectivity index (χ4n) is 2.86. The zero-order chi connectivity index (χ0) is 24.2. The highest BCUT2D eigenvalue weighted by molar-refractivity contribution is 5.63. The van der Waals surface area contributed by atoms with Gasteiger partial charge < -0.3 is 20.1 Å². The van der Waals surface area contributed by atoms with Crippen LogP contribution in [0.4, 0.5) is 36.3 Å². The second kappa shape index (κ2) is 9.56. The standard InChI is InChI=1S/C24H27F3N4O2/c1-15(2)32-18-10-6-16(7-11-18)29-21-20(24(25,26)27)14-28-22(31-21)30-17-8-12-19(13-9-17)33-23(3,4)5/h6-15H,1-5H3,(H2,28,29,30,31). The largest absolute Gasteiger partial charge is 0.491 e. The van der Waals surface area contributed by atoms with Gasteiger partial charge in [0.2, 0.25) is 5.95 Å². The number of benzene rings is 2. The maximum Gasteiger partial charge on any atom is 0.421 e. The Kier molecular flexibility index (Phi) is 7.00. The predicted octanol–water partition coefficient (Wildman–Crippen LogP) is 6.95. The molecule has 6 nitrogen and oxygen atoms in total. The molecular weight excluding hydrogens is 433 g/mol. The molecule has 33 heavy (non-hydrogen) atoms. The predicted molar refractivity (Wildman–Crippen MR) is 123 cm³/mol. The van der Waals surface area contributed by atoms with Gasteiger partial charge in [0.1, 0.15) is 28.5 Å². The lowest BCUT2D eigenvalue weighted by Gasteiger charge is -2.21. The molecule has 2 aromatic carbocycles. The number of rotatable bonds is 7. The molecule has 0 aliphatic carbocycles. The fourth-order valence-corrected chi connectivity index (χ4v) is 2.86. The van der Waals surface area contributed by atoms with Crippen molar-refractivity contribution < 1.29 is 22.6 Å². The summed E-state index contributed by atoms with van der Waals surface area (Å²) >= 11 is 0. The van der Waals surface area contributed by atoms with Crippen LogP contribution in [0.25, 0.3) is 0 Å². The normalized spacial score (nSPS) is 11.9. The molecule has 176 valence electrons. The first kappa shape index (κ1) is 24.2. The molecule has 0 atom stereocenters. The van der Waals surface area contributed by atoms with E-state index in [1.165, 1.54) is 0 Å². The first-order chi connectivity index (χ1) is 15.4. The summed E-state index contributed by atoms with van der Waals surface area (Å²) in [6.07, 6.45) is -3.87. The van der Waals surface area contributed by atoms with Crippen LogP contribution >= 0.6 is 0 Å². The highest BCUT2D eigenvalue weighted by Crippen LogP contribution is 2.35. The van der Waals surface area contributed by atoms with E-state index in [0.717, 1.165) is 6.20 Å². The van der Waals surface area contributed by atoms with Gasteiger partial charge >= 0.3 is 6.18 Å². The maximum atomic E-state index is 13.5. The Bertz CT molecular complexity index is 1060. The summed E-state index contributed by atoms with van der Waals surface area (Å²) in [6, 6.07) is 13.6. The van der Waals surface area contributed by atoms with Crippen LogP contribution in [0.5, 0.6) is 11.5 Å². The van der Waals surface area contributed by atoms with E-state index >= 15 is 0 Å². The van der Waals surface area contributed by atoms with Gasteiger partial charge in [0, 0.05) is 17.6 Å². The van der Waals surface area contributed by atoms with Crippen LogP contribution in [-0.2, 0) is 6.18 Å². The van der Waals surface area contributed by atoms with E-state index < -0.39 is 11.7 Å². The van der Waals surface area contributed by atoms with Crippen LogP contribution in [0.3, 0.4) is 0 Å². The van der Waals surface area contributed by atoms with E-state index in [1.54, 1.807) is 48.5 Å². The summed E-state index contributed by atoms with van der Waals surface area (Å²) in [5, 5.41) is 5.66. The van der Waals surface area contributed by atoms with E-state index in [-0.39, 0.29) is 23.5 Å². The van der Waals surface area contributed by atoms with Gasteiger partial charge in [-0.2, -0.15) is 18.2 Å². The minimum Gasteiger partial charge on any atom is -0.491 e. The molecule has 3 aromatic rings. The average Bonchev–Trinajstić information content (AvgIpc) is 2.69. The fraction of sp³-hybridized carbons (Fsp3) is 0.333. The highest BCUT2D eigenvalue weighted by Gasteiger charge is 2.35. The first-order valence-corrected chi connectivity index (χ1v) is 10.4. The number of alkyl halides is 3. The summed E-state index contributed by atoms with van der Waals surface area (Å²) in [4.78, 5) is 7.90. The number of hydrogen-bond acceptors (Lipinski definition) is 6. The van der Waals surface area contributed by atoms with Crippen molar-refractivity contribution in [1.29, 1.82) is 0 Å². The Morgan fingerprint density at radius 2 is 1.36 bits per heavy atom. The summed E-state index contributed by atoms with van der Waals surface area (Å²) in [7, 11) is 0. The Labute approximate surface area is 191 Å². The quantitative estimate of drug-likeness (QED) is 0.398. The summed E-state index contributed by atoms with van der Waals surface area (Å²) in [5.74, 6) is 0.962. The van der Waals surface area contributed by atoms with Crippen molar-refractivity contribution in [1.82, 2.24) is 9.97 Å². The summed E-state index contributed by atoms with van der Waals surface area (Å²) in [6.45, 7) is 9.60. The molecule has 0 saturated heterocycles. The lowest BCUT2D eigenvalue weighted by molar-refractivity contribution is -0.137. The third kappa shape index (κ3) is 7.27.